The van der Waals surface area contributed by atoms with Crippen LogP contribution in [0.3, 0.4) is 0 Å². The molecule has 48 heavy (non-hydrogen) atoms. The van der Waals surface area contributed by atoms with E-state index >= 15 is 0 Å². The first-order valence-corrected chi connectivity index (χ1v) is 17.6. The van der Waals surface area contributed by atoms with Gasteiger partial charge in [0.15, 0.2) is 11.5 Å². The Labute approximate surface area is 277 Å². The van der Waals surface area contributed by atoms with Crippen molar-refractivity contribution in [1.29, 1.82) is 0 Å². The van der Waals surface area contributed by atoms with Gasteiger partial charge in [-0.2, -0.15) is 9.13 Å². The van der Waals surface area contributed by atoms with E-state index in [1.807, 2.05) is 0 Å². The highest BCUT2D eigenvalue weighted by Crippen LogP contribution is 2.53. The molecule has 4 N–H and O–H groups in total. The van der Waals surface area contributed by atoms with E-state index in [1.54, 1.807) is 158 Å². The first kappa shape index (κ1) is 32.1. The van der Waals surface area contributed by atoms with Crippen molar-refractivity contribution in [3.63, 3.8) is 0 Å². The molecule has 0 spiro atoms. The number of hydrogen-bond acceptors (Lipinski definition) is 10. The fourth-order valence-corrected chi connectivity index (χ4v) is 6.92. The summed E-state index contributed by atoms with van der Waals surface area (Å²) in [4.78, 5) is 0. The standard InChI is InChI=1S/C36H30N2O8P2/c37-33-23-21-27(25-35(33)45-47(39,41-29-13-5-1-6-14-29)42-30-15-7-2-8-16-30)28-22-24-34(38)36(26-28)46-48(40,43-31-17-9-3-10-18-31)44-32-19-11-4-12-20-32/h1-26H,37-38H2. The van der Waals surface area contributed by atoms with Crippen molar-refractivity contribution in [3.8, 4) is 45.6 Å². The number of rotatable bonds is 13. The van der Waals surface area contributed by atoms with Crippen LogP contribution < -0.4 is 38.6 Å². The third kappa shape index (κ3) is 8.30. The Hall–Kier alpha value is -5.82. The number of benzene rings is 6. The fraction of sp³-hybridized carbons (Fsp3) is 0. The van der Waals surface area contributed by atoms with Gasteiger partial charge in [-0.05, 0) is 83.9 Å². The Morgan fingerprint density at radius 3 is 0.896 bits per heavy atom. The maximum atomic E-state index is 14.1. The highest BCUT2D eigenvalue weighted by Gasteiger charge is 2.35. The van der Waals surface area contributed by atoms with Crippen molar-refractivity contribution in [1.82, 2.24) is 0 Å². The molecule has 0 saturated carbocycles. The topological polar surface area (TPSA) is 142 Å². The second kappa shape index (κ2) is 14.3. The Morgan fingerprint density at radius 1 is 0.354 bits per heavy atom. The lowest BCUT2D eigenvalue weighted by Crippen LogP contribution is -2.09. The van der Waals surface area contributed by atoms with Gasteiger partial charge in [0.05, 0.1) is 11.4 Å². The zero-order valence-electron chi connectivity index (χ0n) is 25.3. The van der Waals surface area contributed by atoms with E-state index in [9.17, 15) is 9.13 Å². The van der Waals surface area contributed by atoms with Crippen LogP contribution in [0.15, 0.2) is 158 Å². The monoisotopic (exact) mass is 680 g/mol. The van der Waals surface area contributed by atoms with Crippen molar-refractivity contribution in [3.05, 3.63) is 158 Å². The van der Waals surface area contributed by atoms with E-state index in [-0.39, 0.29) is 45.9 Å². The zero-order chi connectivity index (χ0) is 33.4. The average Bonchev–Trinajstić information content (AvgIpc) is 3.08. The molecule has 6 aromatic carbocycles. The lowest BCUT2D eigenvalue weighted by atomic mass is 10.0. The van der Waals surface area contributed by atoms with E-state index in [0.29, 0.717) is 11.1 Å². The lowest BCUT2D eigenvalue weighted by Gasteiger charge is -2.21. The van der Waals surface area contributed by atoms with E-state index in [0.717, 1.165) is 0 Å². The van der Waals surface area contributed by atoms with Crippen LogP contribution >= 0.6 is 15.6 Å². The lowest BCUT2D eigenvalue weighted by molar-refractivity contribution is 0.297. The molecule has 10 nitrogen and oxygen atoms in total. The maximum Gasteiger partial charge on any atom is 0.647 e. The molecule has 242 valence electrons. The van der Waals surface area contributed by atoms with Crippen LogP contribution in [0.1, 0.15) is 0 Å². The predicted molar refractivity (Wildman–Crippen MR) is 185 cm³/mol. The molecule has 0 aromatic heterocycles. The summed E-state index contributed by atoms with van der Waals surface area (Å²) in [5.41, 5.74) is 14.0. The fourth-order valence-electron chi connectivity index (χ4n) is 4.38. The van der Waals surface area contributed by atoms with Crippen molar-refractivity contribution >= 4 is 27.0 Å². The van der Waals surface area contributed by atoms with Crippen molar-refractivity contribution < 1.29 is 36.3 Å². The van der Waals surface area contributed by atoms with Crippen LogP contribution in [0.25, 0.3) is 11.1 Å². The Kier molecular flexibility index (Phi) is 9.57. The molecule has 0 atom stereocenters. The normalized spacial score (nSPS) is 11.2. The Balaban J connectivity index is 1.31. The molecule has 0 fully saturated rings. The molecule has 6 rings (SSSR count). The Bertz CT molecular complexity index is 1830. The third-order valence-corrected chi connectivity index (χ3v) is 9.20. The minimum absolute atomic E-state index is 0.0347. The number of phosphoric acid groups is 2. The van der Waals surface area contributed by atoms with Gasteiger partial charge >= 0.3 is 15.6 Å². The molecule has 0 heterocycles. The van der Waals surface area contributed by atoms with Gasteiger partial charge in [-0.25, -0.2) is 0 Å². The highest BCUT2D eigenvalue weighted by molar-refractivity contribution is 7.50. The van der Waals surface area contributed by atoms with E-state index in [1.165, 1.54) is 0 Å². The smallest absolute Gasteiger partial charge is 0.396 e. The number of anilines is 2. The maximum absolute atomic E-state index is 14.1. The van der Waals surface area contributed by atoms with Crippen molar-refractivity contribution in [2.75, 3.05) is 11.5 Å². The molecule has 0 radical (unpaired) electrons. The van der Waals surface area contributed by atoms with Crippen molar-refractivity contribution in [2.24, 2.45) is 0 Å². The minimum Gasteiger partial charge on any atom is -0.396 e. The molecule has 0 saturated heterocycles. The molecule has 0 aliphatic carbocycles. The first-order chi connectivity index (χ1) is 23.3. The van der Waals surface area contributed by atoms with Crippen molar-refractivity contribution in [2.45, 2.75) is 0 Å². The average molecular weight is 681 g/mol. The van der Waals surface area contributed by atoms with Gasteiger partial charge in [0.1, 0.15) is 23.0 Å². The van der Waals surface area contributed by atoms with Gasteiger partial charge in [-0.15, -0.1) is 0 Å². The molecule has 0 aliphatic heterocycles. The van der Waals surface area contributed by atoms with Gasteiger partial charge in [0.25, 0.3) is 0 Å². The summed E-state index contributed by atoms with van der Waals surface area (Å²) >= 11 is 0. The van der Waals surface area contributed by atoms with Gasteiger partial charge in [0.2, 0.25) is 0 Å². The van der Waals surface area contributed by atoms with Gasteiger partial charge in [0, 0.05) is 0 Å². The number of hydrogen-bond donors (Lipinski definition) is 2. The largest absolute Gasteiger partial charge is 0.647 e. The summed E-state index contributed by atoms with van der Waals surface area (Å²) in [6.07, 6.45) is 0. The van der Waals surface area contributed by atoms with E-state index in [4.69, 9.17) is 38.6 Å². The third-order valence-electron chi connectivity index (χ3n) is 6.62. The number of nitrogen functional groups attached to an aromatic ring is 2. The van der Waals surface area contributed by atoms with Gasteiger partial charge < -0.3 is 38.6 Å². The summed E-state index contributed by atoms with van der Waals surface area (Å²) in [5, 5.41) is 0. The first-order valence-electron chi connectivity index (χ1n) is 14.6. The summed E-state index contributed by atoms with van der Waals surface area (Å²) in [7, 11) is -8.66. The SMILES string of the molecule is Nc1ccc(-c2ccc(N)c(OP(=O)(Oc3ccccc3)Oc3ccccc3)c2)cc1OP(=O)(Oc1ccccc1)Oc1ccccc1. The van der Waals surface area contributed by atoms with Gasteiger partial charge in [-0.3, -0.25) is 0 Å². The summed E-state index contributed by atoms with van der Waals surface area (Å²) in [6, 6.07) is 43.8. The summed E-state index contributed by atoms with van der Waals surface area (Å²) in [6.45, 7) is 0. The molecular formula is C36H30N2O8P2. The van der Waals surface area contributed by atoms with Crippen LogP contribution in [0, 0.1) is 0 Å². The molecular weight excluding hydrogens is 650 g/mol. The van der Waals surface area contributed by atoms with Crippen LogP contribution in [0.4, 0.5) is 11.4 Å². The van der Waals surface area contributed by atoms with Crippen LogP contribution in [-0.4, -0.2) is 0 Å². The van der Waals surface area contributed by atoms with Crippen LogP contribution in [0.5, 0.6) is 34.5 Å². The number of para-hydroxylation sites is 4. The summed E-state index contributed by atoms with van der Waals surface area (Å²) < 4.78 is 63.0. The molecule has 0 amide bonds. The van der Waals surface area contributed by atoms with Crippen LogP contribution in [0.2, 0.25) is 0 Å². The quantitative estimate of drug-likeness (QED) is 0.0894. The second-order valence-corrected chi connectivity index (χ2v) is 13.1. The van der Waals surface area contributed by atoms with E-state index in [2.05, 4.69) is 0 Å². The molecule has 12 heteroatoms. The highest BCUT2D eigenvalue weighted by atomic mass is 31.2. The summed E-state index contributed by atoms with van der Waals surface area (Å²) in [5.74, 6) is 1.15. The minimum atomic E-state index is -4.33. The molecule has 0 unspecified atom stereocenters. The second-order valence-electron chi connectivity index (χ2n) is 10.2. The van der Waals surface area contributed by atoms with E-state index < -0.39 is 15.6 Å². The number of phosphoric ester groups is 2. The molecule has 0 bridgehead atoms. The van der Waals surface area contributed by atoms with Crippen LogP contribution in [-0.2, 0) is 9.13 Å². The molecule has 6 aromatic rings. The molecule has 0 aliphatic rings. The Morgan fingerprint density at radius 2 is 0.625 bits per heavy atom. The number of nitrogens with two attached hydrogens (primary N) is 2. The predicted octanol–water partition coefficient (Wildman–Crippen LogP) is 9.81. The zero-order valence-corrected chi connectivity index (χ0v) is 27.1. The van der Waals surface area contributed by atoms with Gasteiger partial charge in [-0.1, -0.05) is 84.9 Å².